The molecule has 0 atom stereocenters. The number of carbonyl (C=O) groups is 1. The molecule has 0 fully saturated rings. The van der Waals surface area contributed by atoms with Gasteiger partial charge in [0, 0.05) is 25.6 Å². The van der Waals surface area contributed by atoms with E-state index in [-0.39, 0.29) is 5.91 Å². The molecule has 3 aromatic carbocycles. The zero-order valence-corrected chi connectivity index (χ0v) is 20.8. The van der Waals surface area contributed by atoms with Gasteiger partial charge in [0.2, 0.25) is 5.91 Å². The minimum absolute atomic E-state index is 0.0445. The fourth-order valence-electron chi connectivity index (χ4n) is 4.24. The molecule has 0 saturated heterocycles. The van der Waals surface area contributed by atoms with Crippen molar-refractivity contribution in [1.82, 2.24) is 14.9 Å². The van der Waals surface area contributed by atoms with E-state index in [2.05, 4.69) is 28.1 Å². The third kappa shape index (κ3) is 7.84. The highest BCUT2D eigenvalue weighted by Crippen LogP contribution is 2.19. The summed E-state index contributed by atoms with van der Waals surface area (Å²) in [5, 5.41) is 2.98. The number of imidazole rings is 1. The molecule has 4 aromatic rings. The van der Waals surface area contributed by atoms with E-state index in [0.29, 0.717) is 6.54 Å². The largest absolute Gasteiger partial charge is 0.494 e. The molecular formula is C31H35N3O2. The zero-order chi connectivity index (χ0) is 24.8. The van der Waals surface area contributed by atoms with E-state index in [4.69, 9.17) is 9.72 Å². The molecule has 0 radical (unpaired) electrons. The number of carbonyl (C=O) groups excluding carboxylic acids is 1. The number of rotatable bonds is 14. The predicted molar refractivity (Wildman–Crippen MR) is 147 cm³/mol. The second-order valence-corrected chi connectivity index (χ2v) is 8.88. The topological polar surface area (TPSA) is 56.2 Å². The molecule has 1 heterocycles. The number of nitrogens with one attached hydrogen (secondary N) is 1. The first-order chi connectivity index (χ1) is 17.8. The summed E-state index contributed by atoms with van der Waals surface area (Å²) in [4.78, 5) is 16.9. The van der Waals surface area contributed by atoms with E-state index in [1.807, 2.05) is 72.8 Å². The van der Waals surface area contributed by atoms with Crippen LogP contribution in [0, 0.1) is 0 Å². The van der Waals surface area contributed by atoms with E-state index < -0.39 is 0 Å². The molecule has 36 heavy (non-hydrogen) atoms. The van der Waals surface area contributed by atoms with Crippen molar-refractivity contribution < 1.29 is 9.53 Å². The molecule has 0 aliphatic rings. The Bertz CT molecular complexity index is 1230. The van der Waals surface area contributed by atoms with Gasteiger partial charge in [0.25, 0.3) is 0 Å². The number of fused-ring (bicyclic) bond motifs is 1. The third-order valence-corrected chi connectivity index (χ3v) is 6.12. The van der Waals surface area contributed by atoms with Crippen LogP contribution in [0.4, 0.5) is 0 Å². The molecule has 0 bridgehead atoms. The highest BCUT2D eigenvalue weighted by Gasteiger charge is 2.10. The number of unbranched alkanes of at least 4 members (excludes halogenated alkanes) is 3. The maximum Gasteiger partial charge on any atom is 0.243 e. The number of benzene rings is 3. The fraction of sp³-hybridized carbons (Fsp3) is 0.290. The standard InChI is InChI=1S/C31H35N3O2/c35-31(22-21-26-14-4-1-5-15-26)32-23-11-3-8-20-30-33-28-18-9-10-19-29(28)34(30)24-12-13-25-36-27-16-6-2-7-17-27/h1-2,4-7,9-10,14-19,21-22H,3,8,11-13,20,23-25H2,(H,32,35)/b22-21+. The first kappa shape index (κ1) is 25.2. The first-order valence-electron chi connectivity index (χ1n) is 12.9. The first-order valence-corrected chi connectivity index (χ1v) is 12.9. The van der Waals surface area contributed by atoms with Crippen molar-refractivity contribution in [3.63, 3.8) is 0 Å². The van der Waals surface area contributed by atoms with Gasteiger partial charge < -0.3 is 14.6 Å². The van der Waals surface area contributed by atoms with Crippen molar-refractivity contribution in [2.24, 2.45) is 0 Å². The van der Waals surface area contributed by atoms with Gasteiger partial charge in [-0.3, -0.25) is 4.79 Å². The van der Waals surface area contributed by atoms with Gasteiger partial charge in [0.15, 0.2) is 0 Å². The summed E-state index contributed by atoms with van der Waals surface area (Å²) in [6.45, 7) is 2.35. The molecule has 0 unspecified atom stereocenters. The zero-order valence-electron chi connectivity index (χ0n) is 20.8. The maximum absolute atomic E-state index is 12.0. The van der Waals surface area contributed by atoms with Gasteiger partial charge in [-0.05, 0) is 61.6 Å². The summed E-state index contributed by atoms with van der Waals surface area (Å²) in [6, 6.07) is 28.2. The minimum atomic E-state index is -0.0445. The minimum Gasteiger partial charge on any atom is -0.494 e. The van der Waals surface area contributed by atoms with Gasteiger partial charge >= 0.3 is 0 Å². The van der Waals surface area contributed by atoms with Crippen LogP contribution in [0.5, 0.6) is 5.75 Å². The van der Waals surface area contributed by atoms with Gasteiger partial charge in [0.1, 0.15) is 11.6 Å². The monoisotopic (exact) mass is 481 g/mol. The van der Waals surface area contributed by atoms with Crippen molar-refractivity contribution in [2.75, 3.05) is 13.2 Å². The molecule has 0 saturated carbocycles. The Morgan fingerprint density at radius 2 is 1.58 bits per heavy atom. The lowest BCUT2D eigenvalue weighted by Crippen LogP contribution is -2.22. The predicted octanol–water partition coefficient (Wildman–Crippen LogP) is 6.44. The van der Waals surface area contributed by atoms with E-state index >= 15 is 0 Å². The smallest absolute Gasteiger partial charge is 0.243 e. The number of nitrogens with zero attached hydrogens (tertiary/aromatic N) is 2. The molecule has 5 nitrogen and oxygen atoms in total. The molecule has 4 rings (SSSR count). The number of ether oxygens (including phenoxy) is 1. The molecular weight excluding hydrogens is 446 g/mol. The fourth-order valence-corrected chi connectivity index (χ4v) is 4.24. The second kappa shape index (κ2) is 13.9. The van der Waals surface area contributed by atoms with Crippen LogP contribution in [-0.4, -0.2) is 28.6 Å². The third-order valence-electron chi connectivity index (χ3n) is 6.12. The lowest BCUT2D eigenvalue weighted by atomic mass is 10.2. The van der Waals surface area contributed by atoms with Crippen LogP contribution >= 0.6 is 0 Å². The summed E-state index contributed by atoms with van der Waals surface area (Å²) in [5.41, 5.74) is 3.29. The molecule has 0 spiro atoms. The van der Waals surface area contributed by atoms with Gasteiger partial charge in [-0.15, -0.1) is 0 Å². The molecule has 1 N–H and O–H groups in total. The van der Waals surface area contributed by atoms with E-state index in [0.717, 1.165) is 74.3 Å². The average Bonchev–Trinajstić information content (AvgIpc) is 3.27. The van der Waals surface area contributed by atoms with Crippen LogP contribution in [0.3, 0.4) is 0 Å². The lowest BCUT2D eigenvalue weighted by molar-refractivity contribution is -0.116. The number of para-hydroxylation sites is 3. The van der Waals surface area contributed by atoms with Crippen molar-refractivity contribution in [3.05, 3.63) is 102 Å². The van der Waals surface area contributed by atoms with Crippen LogP contribution < -0.4 is 10.1 Å². The number of aromatic nitrogens is 2. The van der Waals surface area contributed by atoms with Crippen LogP contribution in [-0.2, 0) is 17.8 Å². The number of amides is 1. The van der Waals surface area contributed by atoms with Crippen LogP contribution in [0.25, 0.3) is 17.1 Å². The van der Waals surface area contributed by atoms with Gasteiger partial charge in [0.05, 0.1) is 17.6 Å². The van der Waals surface area contributed by atoms with Crippen LogP contribution in [0.2, 0.25) is 0 Å². The highest BCUT2D eigenvalue weighted by atomic mass is 16.5. The van der Waals surface area contributed by atoms with Gasteiger partial charge in [-0.25, -0.2) is 4.98 Å². The molecule has 1 aromatic heterocycles. The normalized spacial score (nSPS) is 11.2. The summed E-state index contributed by atoms with van der Waals surface area (Å²) in [5.74, 6) is 2.03. The Balaban J connectivity index is 1.18. The van der Waals surface area contributed by atoms with E-state index in [1.54, 1.807) is 6.08 Å². The molecule has 1 amide bonds. The van der Waals surface area contributed by atoms with Crippen molar-refractivity contribution >= 4 is 23.0 Å². The van der Waals surface area contributed by atoms with Crippen molar-refractivity contribution in [2.45, 2.75) is 45.1 Å². The summed E-state index contributed by atoms with van der Waals surface area (Å²) in [6.07, 6.45) is 9.49. The maximum atomic E-state index is 12.0. The molecule has 5 heteroatoms. The molecule has 186 valence electrons. The number of hydrogen-bond acceptors (Lipinski definition) is 3. The highest BCUT2D eigenvalue weighted by molar-refractivity contribution is 5.91. The second-order valence-electron chi connectivity index (χ2n) is 8.88. The number of hydrogen-bond donors (Lipinski definition) is 1. The van der Waals surface area contributed by atoms with E-state index in [9.17, 15) is 4.79 Å². The summed E-state index contributed by atoms with van der Waals surface area (Å²) >= 11 is 0. The van der Waals surface area contributed by atoms with Crippen molar-refractivity contribution in [3.8, 4) is 5.75 Å². The Hall–Kier alpha value is -3.86. The molecule has 0 aliphatic heterocycles. The SMILES string of the molecule is O=C(/C=C/c1ccccc1)NCCCCCc1nc2ccccc2n1CCCCOc1ccccc1. The lowest BCUT2D eigenvalue weighted by Gasteiger charge is -2.10. The number of aryl methyl sites for hydroxylation is 2. The van der Waals surface area contributed by atoms with Gasteiger partial charge in [-0.2, -0.15) is 0 Å². The summed E-state index contributed by atoms with van der Waals surface area (Å²) < 4.78 is 8.21. The Morgan fingerprint density at radius 1 is 0.833 bits per heavy atom. The Kier molecular flexibility index (Phi) is 9.73. The van der Waals surface area contributed by atoms with Gasteiger partial charge in [-0.1, -0.05) is 67.1 Å². The average molecular weight is 482 g/mol. The Morgan fingerprint density at radius 3 is 2.42 bits per heavy atom. The van der Waals surface area contributed by atoms with Crippen molar-refractivity contribution in [1.29, 1.82) is 0 Å². The quantitative estimate of drug-likeness (QED) is 0.167. The van der Waals surface area contributed by atoms with Crippen LogP contribution in [0.1, 0.15) is 43.5 Å². The van der Waals surface area contributed by atoms with Crippen LogP contribution in [0.15, 0.2) is 91.0 Å². The Labute approximate surface area is 213 Å². The summed E-state index contributed by atoms with van der Waals surface area (Å²) in [7, 11) is 0. The molecule has 0 aliphatic carbocycles. The van der Waals surface area contributed by atoms with E-state index in [1.165, 1.54) is 5.52 Å².